The minimum atomic E-state index is 0. The van der Waals surface area contributed by atoms with Crippen LogP contribution in [0, 0.1) is 0 Å². The van der Waals surface area contributed by atoms with Crippen LogP contribution in [0.5, 0.6) is 0 Å². The fourth-order valence-corrected chi connectivity index (χ4v) is 3.13. The van der Waals surface area contributed by atoms with Gasteiger partial charge in [0.25, 0.3) is 0 Å². The Morgan fingerprint density at radius 2 is 2.16 bits per heavy atom. The van der Waals surface area contributed by atoms with Crippen LogP contribution in [-0.4, -0.2) is 48.1 Å². The van der Waals surface area contributed by atoms with Crippen LogP contribution in [-0.2, 0) is 6.54 Å². The third-order valence-electron chi connectivity index (χ3n) is 4.57. The third-order valence-corrected chi connectivity index (χ3v) is 4.57. The molecule has 2 N–H and O–H groups in total. The molecule has 0 saturated carbocycles. The van der Waals surface area contributed by atoms with E-state index in [0.29, 0.717) is 6.54 Å². The predicted molar refractivity (Wildman–Crippen MR) is 117 cm³/mol. The Labute approximate surface area is 170 Å². The van der Waals surface area contributed by atoms with Gasteiger partial charge in [0.2, 0.25) is 0 Å². The first-order valence-corrected chi connectivity index (χ1v) is 9.45. The van der Waals surface area contributed by atoms with Gasteiger partial charge >= 0.3 is 0 Å². The zero-order valence-corrected chi connectivity index (χ0v) is 18.0. The number of aromatic nitrogens is 1. The summed E-state index contributed by atoms with van der Waals surface area (Å²) in [7, 11) is 0. The Bertz CT molecular complexity index is 480. The molecule has 142 valence electrons. The smallest absolute Gasteiger partial charge is 0.191 e. The second-order valence-electron chi connectivity index (χ2n) is 6.53. The number of aliphatic imine (C=N–C) groups is 1. The number of pyridine rings is 1. The average Bonchev–Trinajstić information content (AvgIpc) is 2.61. The van der Waals surface area contributed by atoms with Crippen LogP contribution in [0.2, 0.25) is 0 Å². The summed E-state index contributed by atoms with van der Waals surface area (Å²) in [6.07, 6.45) is 8.37. The zero-order valence-electron chi connectivity index (χ0n) is 15.7. The molecule has 0 aromatic carbocycles. The molecule has 1 atom stereocenters. The van der Waals surface area contributed by atoms with E-state index in [1.165, 1.54) is 45.2 Å². The van der Waals surface area contributed by atoms with Gasteiger partial charge in [-0.05, 0) is 64.8 Å². The molecule has 2 heterocycles. The van der Waals surface area contributed by atoms with E-state index >= 15 is 0 Å². The van der Waals surface area contributed by atoms with Gasteiger partial charge in [-0.15, -0.1) is 24.0 Å². The van der Waals surface area contributed by atoms with E-state index in [0.717, 1.165) is 30.8 Å². The molecule has 25 heavy (non-hydrogen) atoms. The maximum absolute atomic E-state index is 4.60. The van der Waals surface area contributed by atoms with Gasteiger partial charge in [0.1, 0.15) is 0 Å². The number of hydrogen-bond donors (Lipinski definition) is 2. The molecule has 0 spiro atoms. The van der Waals surface area contributed by atoms with E-state index in [-0.39, 0.29) is 24.0 Å². The number of halogens is 1. The van der Waals surface area contributed by atoms with Gasteiger partial charge in [-0.2, -0.15) is 0 Å². The second kappa shape index (κ2) is 13.3. The van der Waals surface area contributed by atoms with Crippen molar-refractivity contribution in [3.63, 3.8) is 0 Å². The molecule has 1 aromatic rings. The quantitative estimate of drug-likeness (QED) is 0.271. The summed E-state index contributed by atoms with van der Waals surface area (Å²) in [6.45, 7) is 9.42. The highest BCUT2D eigenvalue weighted by atomic mass is 127. The van der Waals surface area contributed by atoms with Crippen molar-refractivity contribution in [3.05, 3.63) is 30.1 Å². The van der Waals surface area contributed by atoms with Crippen molar-refractivity contribution in [2.24, 2.45) is 4.99 Å². The largest absolute Gasteiger partial charge is 0.357 e. The molecule has 6 heteroatoms. The topological polar surface area (TPSA) is 52.6 Å². The lowest BCUT2D eigenvalue weighted by Gasteiger charge is -2.33. The first-order chi connectivity index (χ1) is 11.8. The van der Waals surface area contributed by atoms with Crippen LogP contribution >= 0.6 is 24.0 Å². The number of hydrogen-bond acceptors (Lipinski definition) is 3. The van der Waals surface area contributed by atoms with E-state index in [9.17, 15) is 0 Å². The molecule has 1 fully saturated rings. The number of nitrogens with zero attached hydrogens (tertiary/aromatic N) is 3. The predicted octanol–water partition coefficient (Wildman–Crippen LogP) is 3.41. The van der Waals surface area contributed by atoms with Crippen molar-refractivity contribution in [3.8, 4) is 0 Å². The molecule has 1 saturated heterocycles. The van der Waals surface area contributed by atoms with Gasteiger partial charge in [0, 0.05) is 25.3 Å². The van der Waals surface area contributed by atoms with Crippen LogP contribution in [0.15, 0.2) is 29.4 Å². The number of likely N-dealkylation sites (tertiary alicyclic amines) is 1. The fraction of sp³-hybridized carbons (Fsp3) is 0.684. The Morgan fingerprint density at radius 1 is 1.28 bits per heavy atom. The summed E-state index contributed by atoms with van der Waals surface area (Å²) in [6, 6.07) is 6.70. The highest BCUT2D eigenvalue weighted by molar-refractivity contribution is 14.0. The van der Waals surface area contributed by atoms with E-state index < -0.39 is 0 Å². The number of piperidine rings is 1. The molecule has 1 aliphatic rings. The van der Waals surface area contributed by atoms with Gasteiger partial charge in [0.15, 0.2) is 5.96 Å². The minimum Gasteiger partial charge on any atom is -0.357 e. The minimum absolute atomic E-state index is 0. The molecule has 2 rings (SSSR count). The molecule has 1 aliphatic heterocycles. The molecular weight excluding hydrogens is 425 g/mol. The monoisotopic (exact) mass is 459 g/mol. The number of nitrogens with one attached hydrogen (secondary N) is 2. The second-order valence-corrected chi connectivity index (χ2v) is 6.53. The first kappa shape index (κ1) is 22.2. The maximum Gasteiger partial charge on any atom is 0.191 e. The fourth-order valence-electron chi connectivity index (χ4n) is 3.13. The van der Waals surface area contributed by atoms with Gasteiger partial charge < -0.3 is 15.5 Å². The Hall–Kier alpha value is -0.890. The van der Waals surface area contributed by atoms with Crippen molar-refractivity contribution in [2.75, 3.05) is 26.2 Å². The molecule has 1 aromatic heterocycles. The van der Waals surface area contributed by atoms with Crippen LogP contribution in [0.1, 0.15) is 51.6 Å². The first-order valence-electron chi connectivity index (χ1n) is 9.45. The van der Waals surface area contributed by atoms with Crippen molar-refractivity contribution >= 4 is 29.9 Å². The number of rotatable bonds is 8. The van der Waals surface area contributed by atoms with Crippen LogP contribution < -0.4 is 10.6 Å². The van der Waals surface area contributed by atoms with Crippen molar-refractivity contribution in [2.45, 2.75) is 58.5 Å². The molecule has 0 radical (unpaired) electrons. The van der Waals surface area contributed by atoms with Crippen molar-refractivity contribution in [1.29, 1.82) is 0 Å². The van der Waals surface area contributed by atoms with Crippen LogP contribution in [0.3, 0.4) is 0 Å². The molecule has 0 aliphatic carbocycles. The number of unbranched alkanes of at least 4 members (excludes halogenated alkanes) is 1. The third kappa shape index (κ3) is 8.85. The molecule has 1 unspecified atom stereocenters. The van der Waals surface area contributed by atoms with E-state index in [1.807, 2.05) is 24.4 Å². The van der Waals surface area contributed by atoms with Crippen molar-refractivity contribution < 1.29 is 0 Å². The summed E-state index contributed by atoms with van der Waals surface area (Å²) in [5.41, 5.74) is 0.994. The maximum atomic E-state index is 4.60. The lowest BCUT2D eigenvalue weighted by Crippen LogP contribution is -2.39. The highest BCUT2D eigenvalue weighted by Crippen LogP contribution is 2.16. The van der Waals surface area contributed by atoms with Gasteiger partial charge in [-0.1, -0.05) is 12.5 Å². The molecule has 0 bridgehead atoms. The van der Waals surface area contributed by atoms with Crippen LogP contribution in [0.25, 0.3) is 0 Å². The Balaban J connectivity index is 0.00000312. The van der Waals surface area contributed by atoms with Gasteiger partial charge in [-0.25, -0.2) is 4.99 Å². The van der Waals surface area contributed by atoms with Gasteiger partial charge in [-0.3, -0.25) is 4.98 Å². The lowest BCUT2D eigenvalue weighted by atomic mass is 10.0. The van der Waals surface area contributed by atoms with Crippen molar-refractivity contribution in [1.82, 2.24) is 20.5 Å². The highest BCUT2D eigenvalue weighted by Gasteiger charge is 2.16. The van der Waals surface area contributed by atoms with Crippen LogP contribution in [0.4, 0.5) is 0 Å². The summed E-state index contributed by atoms with van der Waals surface area (Å²) in [4.78, 5) is 11.6. The van der Waals surface area contributed by atoms with E-state index in [2.05, 4.69) is 39.4 Å². The standard InChI is InChI=1S/C19H33N5.HI/c1-3-20-19(23-16-18-11-4-6-12-21-18)22-13-7-9-15-24-14-8-5-10-17(24)2;/h4,6,11-12,17H,3,5,7-10,13-16H2,1-2H3,(H2,20,22,23);1H. The summed E-state index contributed by atoms with van der Waals surface area (Å²) in [5, 5.41) is 6.73. The molecule has 5 nitrogen and oxygen atoms in total. The Kier molecular flexibility index (Phi) is 11.8. The average molecular weight is 459 g/mol. The molecule has 0 amide bonds. The van der Waals surface area contributed by atoms with E-state index in [4.69, 9.17) is 0 Å². The van der Waals surface area contributed by atoms with Gasteiger partial charge in [0.05, 0.1) is 12.2 Å². The zero-order chi connectivity index (χ0) is 17.0. The summed E-state index contributed by atoms with van der Waals surface area (Å²) in [5.74, 6) is 0.884. The Morgan fingerprint density at radius 3 is 2.88 bits per heavy atom. The number of guanidine groups is 1. The van der Waals surface area contributed by atoms with E-state index in [1.54, 1.807) is 0 Å². The summed E-state index contributed by atoms with van der Waals surface area (Å²) < 4.78 is 0. The molecular formula is C19H34IN5. The summed E-state index contributed by atoms with van der Waals surface area (Å²) >= 11 is 0. The lowest BCUT2D eigenvalue weighted by molar-refractivity contribution is 0.158. The SMILES string of the molecule is CCNC(=NCc1ccccn1)NCCCCN1CCCCC1C.I. The normalized spacial score (nSPS) is 18.5.